The summed E-state index contributed by atoms with van der Waals surface area (Å²) in [5.41, 5.74) is 3.64. The van der Waals surface area contributed by atoms with Gasteiger partial charge in [0.05, 0.1) is 29.7 Å². The number of imide groups is 1. The van der Waals surface area contributed by atoms with Crippen molar-refractivity contribution in [2.24, 2.45) is 0 Å². The second kappa shape index (κ2) is 12.6. The van der Waals surface area contributed by atoms with Gasteiger partial charge in [0.15, 0.2) is 11.5 Å². The predicted octanol–water partition coefficient (Wildman–Crippen LogP) is 7.26. The van der Waals surface area contributed by atoms with Crippen LogP contribution in [0.1, 0.15) is 34.7 Å². The maximum atomic E-state index is 13.2. The Balaban J connectivity index is 1.62. The van der Waals surface area contributed by atoms with Crippen molar-refractivity contribution in [2.45, 2.75) is 26.5 Å². The third kappa shape index (κ3) is 6.36. The highest BCUT2D eigenvalue weighted by molar-refractivity contribution is 9.10. The highest BCUT2D eigenvalue weighted by Crippen LogP contribution is 2.38. The molecule has 1 heterocycles. The van der Waals surface area contributed by atoms with Crippen LogP contribution in [0, 0.1) is 11.3 Å². The third-order valence-electron chi connectivity index (χ3n) is 5.75. The number of nitriles is 1. The molecular formula is C30H25BrN2O4S. The maximum absolute atomic E-state index is 13.2. The number of nitrogens with zero attached hydrogens (tertiary/aromatic N) is 2. The molecular weight excluding hydrogens is 564 g/mol. The molecule has 4 rings (SSSR count). The van der Waals surface area contributed by atoms with E-state index >= 15 is 0 Å². The largest absolute Gasteiger partial charge is 0.490 e. The molecule has 38 heavy (non-hydrogen) atoms. The van der Waals surface area contributed by atoms with Crippen molar-refractivity contribution < 1.29 is 19.1 Å². The molecule has 6 nitrogen and oxygen atoms in total. The molecule has 3 aromatic rings. The monoisotopic (exact) mass is 588 g/mol. The molecule has 0 spiro atoms. The standard InChI is InChI=1S/C30H25BrN2O4S/c1-3-7-22-14-21(15-26(36-4-2)28(22)37-19-20-10-12-25(31)13-11-20)16-27-29(34)33(30(35)38-27)18-24-9-6-5-8-23(24)17-32/h3,5-6,8-16H,1,4,7,18-19H2,2H3/b27-16-. The second-order valence-corrected chi connectivity index (χ2v) is 10.3. The lowest BCUT2D eigenvalue weighted by Gasteiger charge is -2.17. The number of carbonyl (C=O) groups excluding carboxylic acids is 2. The molecule has 0 N–H and O–H groups in total. The average Bonchev–Trinajstić information content (AvgIpc) is 3.17. The first-order valence-electron chi connectivity index (χ1n) is 11.9. The molecule has 0 aromatic heterocycles. The first kappa shape index (κ1) is 27.2. The Bertz CT molecular complexity index is 1440. The van der Waals surface area contributed by atoms with Crippen molar-refractivity contribution in [3.8, 4) is 17.6 Å². The summed E-state index contributed by atoms with van der Waals surface area (Å²) in [4.78, 5) is 27.3. The quantitative estimate of drug-likeness (QED) is 0.183. The lowest BCUT2D eigenvalue weighted by molar-refractivity contribution is -0.123. The van der Waals surface area contributed by atoms with Crippen molar-refractivity contribution in [2.75, 3.05) is 6.61 Å². The van der Waals surface area contributed by atoms with Crippen molar-refractivity contribution >= 4 is 44.9 Å². The van der Waals surface area contributed by atoms with Crippen LogP contribution >= 0.6 is 27.7 Å². The van der Waals surface area contributed by atoms with Gasteiger partial charge in [-0.25, -0.2) is 0 Å². The van der Waals surface area contributed by atoms with Crippen LogP contribution in [0.15, 0.2) is 82.7 Å². The SMILES string of the molecule is C=CCc1cc(/C=C2\SC(=O)N(Cc3ccccc3C#N)C2=O)cc(OCC)c1OCc1ccc(Br)cc1. The van der Waals surface area contributed by atoms with E-state index in [1.807, 2.05) is 43.3 Å². The normalized spacial score (nSPS) is 14.0. The third-order valence-corrected chi connectivity index (χ3v) is 7.19. The van der Waals surface area contributed by atoms with Crippen LogP contribution < -0.4 is 9.47 Å². The van der Waals surface area contributed by atoms with Gasteiger partial charge in [0.1, 0.15) is 6.61 Å². The van der Waals surface area contributed by atoms with E-state index in [0.29, 0.717) is 52.7 Å². The summed E-state index contributed by atoms with van der Waals surface area (Å²) in [6.07, 6.45) is 4.00. The number of carbonyl (C=O) groups is 2. The molecule has 2 amide bonds. The van der Waals surface area contributed by atoms with Crippen LogP contribution in [0.5, 0.6) is 11.5 Å². The van der Waals surface area contributed by atoms with Gasteiger partial charge in [-0.05, 0) is 78.2 Å². The number of benzene rings is 3. The summed E-state index contributed by atoms with van der Waals surface area (Å²) in [6, 6.07) is 20.7. The summed E-state index contributed by atoms with van der Waals surface area (Å²) in [7, 11) is 0. The Hall–Kier alpha value is -3.80. The summed E-state index contributed by atoms with van der Waals surface area (Å²) in [5, 5.41) is 8.99. The Morgan fingerprint density at radius 2 is 1.84 bits per heavy atom. The molecule has 1 aliphatic heterocycles. The van der Waals surface area contributed by atoms with Crippen molar-refractivity contribution in [1.82, 2.24) is 4.90 Å². The van der Waals surface area contributed by atoms with Gasteiger partial charge < -0.3 is 9.47 Å². The molecule has 0 aliphatic carbocycles. The van der Waals surface area contributed by atoms with Crippen LogP contribution in [0.3, 0.4) is 0 Å². The van der Waals surface area contributed by atoms with Gasteiger partial charge in [0.2, 0.25) is 0 Å². The number of amides is 2. The molecule has 1 fully saturated rings. The lowest BCUT2D eigenvalue weighted by atomic mass is 10.0. The summed E-state index contributed by atoms with van der Waals surface area (Å²) in [6.45, 7) is 6.60. The fourth-order valence-electron chi connectivity index (χ4n) is 3.96. The van der Waals surface area contributed by atoms with E-state index in [1.54, 1.807) is 36.4 Å². The van der Waals surface area contributed by atoms with E-state index in [2.05, 4.69) is 28.6 Å². The smallest absolute Gasteiger partial charge is 0.293 e. The maximum Gasteiger partial charge on any atom is 0.293 e. The van der Waals surface area contributed by atoms with E-state index in [0.717, 1.165) is 32.3 Å². The van der Waals surface area contributed by atoms with Crippen LogP contribution in [-0.2, 0) is 24.4 Å². The minimum Gasteiger partial charge on any atom is -0.490 e. The molecule has 8 heteroatoms. The zero-order valence-electron chi connectivity index (χ0n) is 20.8. The minimum absolute atomic E-state index is 0.0421. The number of thioether (sulfide) groups is 1. The fraction of sp³-hybridized carbons (Fsp3) is 0.167. The fourth-order valence-corrected chi connectivity index (χ4v) is 5.06. The summed E-state index contributed by atoms with van der Waals surface area (Å²) >= 11 is 4.32. The van der Waals surface area contributed by atoms with Gasteiger partial charge >= 0.3 is 0 Å². The number of hydrogen-bond acceptors (Lipinski definition) is 6. The van der Waals surface area contributed by atoms with E-state index in [-0.39, 0.29) is 11.8 Å². The number of ether oxygens (including phenoxy) is 2. The molecule has 1 saturated heterocycles. The number of allylic oxidation sites excluding steroid dienone is 1. The number of halogens is 1. The summed E-state index contributed by atoms with van der Waals surface area (Å²) < 4.78 is 13.1. The minimum atomic E-state index is -0.397. The lowest BCUT2D eigenvalue weighted by Crippen LogP contribution is -2.27. The number of rotatable bonds is 10. The zero-order valence-corrected chi connectivity index (χ0v) is 23.2. The van der Waals surface area contributed by atoms with Crippen LogP contribution in [0.4, 0.5) is 4.79 Å². The van der Waals surface area contributed by atoms with Crippen molar-refractivity contribution in [3.63, 3.8) is 0 Å². The highest BCUT2D eigenvalue weighted by atomic mass is 79.9. The Morgan fingerprint density at radius 3 is 2.55 bits per heavy atom. The molecule has 0 bridgehead atoms. The van der Waals surface area contributed by atoms with Crippen LogP contribution in [0.2, 0.25) is 0 Å². The van der Waals surface area contributed by atoms with Gasteiger partial charge in [-0.1, -0.05) is 52.3 Å². The van der Waals surface area contributed by atoms with E-state index in [1.165, 1.54) is 0 Å². The Kier molecular flexibility index (Phi) is 9.06. The highest BCUT2D eigenvalue weighted by Gasteiger charge is 2.35. The Labute approximate surface area is 234 Å². The van der Waals surface area contributed by atoms with E-state index < -0.39 is 5.91 Å². The van der Waals surface area contributed by atoms with Crippen LogP contribution in [0.25, 0.3) is 6.08 Å². The topological polar surface area (TPSA) is 79.6 Å². The summed E-state index contributed by atoms with van der Waals surface area (Å²) in [5.74, 6) is 0.775. The first-order chi connectivity index (χ1) is 18.4. The molecule has 1 aliphatic rings. The zero-order chi connectivity index (χ0) is 27.1. The van der Waals surface area contributed by atoms with Crippen molar-refractivity contribution in [1.29, 1.82) is 5.26 Å². The molecule has 0 unspecified atom stereocenters. The average molecular weight is 590 g/mol. The molecule has 0 radical (unpaired) electrons. The second-order valence-electron chi connectivity index (χ2n) is 8.39. The van der Waals surface area contributed by atoms with E-state index in [4.69, 9.17) is 9.47 Å². The Morgan fingerprint density at radius 1 is 1.08 bits per heavy atom. The predicted molar refractivity (Wildman–Crippen MR) is 153 cm³/mol. The molecule has 3 aromatic carbocycles. The number of hydrogen-bond donors (Lipinski definition) is 0. The molecule has 0 saturated carbocycles. The molecule has 192 valence electrons. The van der Waals surface area contributed by atoms with Gasteiger partial charge in [-0.2, -0.15) is 5.26 Å². The van der Waals surface area contributed by atoms with Gasteiger partial charge in [0, 0.05) is 10.0 Å². The van der Waals surface area contributed by atoms with Gasteiger partial charge in [-0.15, -0.1) is 6.58 Å². The van der Waals surface area contributed by atoms with E-state index in [9.17, 15) is 14.9 Å². The first-order valence-corrected chi connectivity index (χ1v) is 13.6. The van der Waals surface area contributed by atoms with Gasteiger partial charge in [-0.3, -0.25) is 14.5 Å². The van der Waals surface area contributed by atoms with Crippen LogP contribution in [-0.4, -0.2) is 22.7 Å². The van der Waals surface area contributed by atoms with Crippen molar-refractivity contribution in [3.05, 3.63) is 111 Å². The molecule has 0 atom stereocenters. The van der Waals surface area contributed by atoms with Gasteiger partial charge in [0.25, 0.3) is 11.1 Å².